The maximum atomic E-state index is 12.6. The molecule has 28 heavy (non-hydrogen) atoms. The molecular formula is C22H24N2O4. The number of amides is 2. The van der Waals surface area contributed by atoms with Crippen molar-refractivity contribution in [2.45, 2.75) is 38.3 Å². The van der Waals surface area contributed by atoms with Crippen LogP contribution >= 0.6 is 0 Å². The molecule has 1 unspecified atom stereocenters. The third kappa shape index (κ3) is 4.97. The summed E-state index contributed by atoms with van der Waals surface area (Å²) in [6.45, 7) is 0.860. The number of carboxylic acids is 1. The van der Waals surface area contributed by atoms with Gasteiger partial charge in [0.1, 0.15) is 6.04 Å². The van der Waals surface area contributed by atoms with Crippen LogP contribution in [0.25, 0.3) is 0 Å². The van der Waals surface area contributed by atoms with Gasteiger partial charge >= 0.3 is 5.97 Å². The molecule has 3 rings (SSSR count). The molecule has 1 aliphatic rings. The first-order valence-corrected chi connectivity index (χ1v) is 9.48. The molecule has 0 spiro atoms. The molecule has 1 heterocycles. The number of carbonyl (C=O) groups is 3. The van der Waals surface area contributed by atoms with Crippen LogP contribution in [0.1, 0.15) is 40.7 Å². The number of nitrogens with zero attached hydrogens (tertiary/aromatic N) is 1. The molecule has 2 N–H and O–H groups in total. The Morgan fingerprint density at radius 3 is 2.39 bits per heavy atom. The lowest BCUT2D eigenvalue weighted by molar-refractivity contribution is -0.141. The van der Waals surface area contributed by atoms with Crippen LogP contribution in [0.2, 0.25) is 0 Å². The third-order valence-electron chi connectivity index (χ3n) is 4.97. The SMILES string of the molecule is O=C(CCc1ccccc1)NCc1ccc(C(=O)N2CCCC2C(=O)O)cc1. The summed E-state index contributed by atoms with van der Waals surface area (Å²) in [5.41, 5.74) is 2.48. The predicted molar refractivity (Wildman–Crippen MR) is 105 cm³/mol. The van der Waals surface area contributed by atoms with Crippen molar-refractivity contribution in [3.8, 4) is 0 Å². The number of likely N-dealkylation sites (tertiary alicyclic amines) is 1. The van der Waals surface area contributed by atoms with E-state index in [0.29, 0.717) is 44.3 Å². The van der Waals surface area contributed by atoms with E-state index >= 15 is 0 Å². The largest absolute Gasteiger partial charge is 0.480 e. The van der Waals surface area contributed by atoms with E-state index in [1.807, 2.05) is 30.3 Å². The lowest BCUT2D eigenvalue weighted by atomic mass is 10.1. The Hall–Kier alpha value is -3.15. The van der Waals surface area contributed by atoms with Crippen LogP contribution in [-0.4, -0.2) is 40.4 Å². The highest BCUT2D eigenvalue weighted by Gasteiger charge is 2.34. The van der Waals surface area contributed by atoms with Gasteiger partial charge in [-0.2, -0.15) is 0 Å². The van der Waals surface area contributed by atoms with Gasteiger partial charge in [0.2, 0.25) is 5.91 Å². The van der Waals surface area contributed by atoms with Crippen LogP contribution < -0.4 is 5.32 Å². The first-order chi connectivity index (χ1) is 13.5. The van der Waals surface area contributed by atoms with Crippen molar-refractivity contribution in [1.82, 2.24) is 10.2 Å². The number of rotatable bonds is 7. The Labute approximate surface area is 164 Å². The molecule has 1 atom stereocenters. The zero-order valence-electron chi connectivity index (χ0n) is 15.6. The fourth-order valence-corrected chi connectivity index (χ4v) is 3.39. The van der Waals surface area contributed by atoms with Crippen molar-refractivity contribution in [1.29, 1.82) is 0 Å². The minimum absolute atomic E-state index is 0.0228. The number of benzene rings is 2. The standard InChI is InChI=1S/C22H24N2O4/c25-20(13-10-16-5-2-1-3-6-16)23-15-17-8-11-18(12-9-17)21(26)24-14-4-7-19(24)22(27)28/h1-3,5-6,8-9,11-12,19H,4,7,10,13-15H2,(H,23,25)(H,27,28). The smallest absolute Gasteiger partial charge is 0.326 e. The van der Waals surface area contributed by atoms with E-state index in [4.69, 9.17) is 0 Å². The van der Waals surface area contributed by atoms with Crippen LogP contribution in [0.15, 0.2) is 54.6 Å². The molecule has 0 bridgehead atoms. The van der Waals surface area contributed by atoms with Crippen molar-refractivity contribution in [2.24, 2.45) is 0 Å². The van der Waals surface area contributed by atoms with Gasteiger partial charge in [-0.1, -0.05) is 42.5 Å². The summed E-state index contributed by atoms with van der Waals surface area (Å²) in [5, 5.41) is 12.1. The van der Waals surface area contributed by atoms with E-state index in [9.17, 15) is 19.5 Å². The Kier molecular flexibility index (Phi) is 6.42. The number of hydrogen-bond acceptors (Lipinski definition) is 3. The number of carbonyl (C=O) groups excluding carboxylic acids is 2. The molecule has 146 valence electrons. The second-order valence-electron chi connectivity index (χ2n) is 6.95. The molecule has 6 heteroatoms. The van der Waals surface area contributed by atoms with Crippen LogP contribution in [0.5, 0.6) is 0 Å². The Bertz CT molecular complexity index is 833. The highest BCUT2D eigenvalue weighted by Crippen LogP contribution is 2.20. The van der Waals surface area contributed by atoms with Gasteiger partial charge in [-0.05, 0) is 42.5 Å². The molecule has 2 aromatic rings. The number of hydrogen-bond donors (Lipinski definition) is 2. The average molecular weight is 380 g/mol. The second-order valence-corrected chi connectivity index (χ2v) is 6.95. The lowest BCUT2D eigenvalue weighted by Crippen LogP contribution is -2.40. The Morgan fingerprint density at radius 2 is 1.71 bits per heavy atom. The summed E-state index contributed by atoms with van der Waals surface area (Å²) in [5.74, 6) is -1.24. The number of aryl methyl sites for hydroxylation is 1. The summed E-state index contributed by atoms with van der Waals surface area (Å²) in [6.07, 6.45) is 2.32. The van der Waals surface area contributed by atoms with Crippen molar-refractivity contribution < 1.29 is 19.5 Å². The monoisotopic (exact) mass is 380 g/mol. The summed E-state index contributed by atoms with van der Waals surface area (Å²) in [7, 11) is 0. The molecule has 0 aromatic heterocycles. The highest BCUT2D eigenvalue weighted by molar-refractivity contribution is 5.97. The molecule has 6 nitrogen and oxygen atoms in total. The molecule has 1 aliphatic heterocycles. The maximum absolute atomic E-state index is 12.6. The minimum Gasteiger partial charge on any atom is -0.480 e. The number of carboxylic acid groups (broad SMARTS) is 1. The predicted octanol–water partition coefficient (Wildman–Crippen LogP) is 2.62. The van der Waals surface area contributed by atoms with Gasteiger partial charge < -0.3 is 15.3 Å². The van der Waals surface area contributed by atoms with E-state index in [0.717, 1.165) is 11.1 Å². The van der Waals surface area contributed by atoms with Gasteiger partial charge in [0.25, 0.3) is 5.91 Å². The lowest BCUT2D eigenvalue weighted by Gasteiger charge is -2.21. The number of nitrogens with one attached hydrogen (secondary N) is 1. The molecular weight excluding hydrogens is 356 g/mol. The summed E-state index contributed by atoms with van der Waals surface area (Å²) < 4.78 is 0. The molecule has 1 fully saturated rings. The van der Waals surface area contributed by atoms with Gasteiger partial charge in [-0.15, -0.1) is 0 Å². The van der Waals surface area contributed by atoms with Gasteiger partial charge in [0.15, 0.2) is 0 Å². The molecule has 1 saturated heterocycles. The van der Waals surface area contributed by atoms with Gasteiger partial charge in [-0.25, -0.2) is 4.79 Å². The van der Waals surface area contributed by atoms with E-state index in [1.165, 1.54) is 4.90 Å². The van der Waals surface area contributed by atoms with E-state index in [1.54, 1.807) is 24.3 Å². The normalized spacial score (nSPS) is 16.0. The van der Waals surface area contributed by atoms with E-state index in [2.05, 4.69) is 5.32 Å². The van der Waals surface area contributed by atoms with Crippen molar-refractivity contribution in [2.75, 3.05) is 6.54 Å². The molecule has 2 amide bonds. The molecule has 2 aromatic carbocycles. The van der Waals surface area contributed by atoms with Gasteiger partial charge in [-0.3, -0.25) is 9.59 Å². The first-order valence-electron chi connectivity index (χ1n) is 9.48. The van der Waals surface area contributed by atoms with Crippen LogP contribution in [-0.2, 0) is 22.6 Å². The van der Waals surface area contributed by atoms with Crippen molar-refractivity contribution in [3.05, 3.63) is 71.3 Å². The second kappa shape index (κ2) is 9.17. The minimum atomic E-state index is -0.958. The molecule has 0 aliphatic carbocycles. The zero-order valence-corrected chi connectivity index (χ0v) is 15.6. The topological polar surface area (TPSA) is 86.7 Å². The summed E-state index contributed by atoms with van der Waals surface area (Å²) in [4.78, 5) is 37.2. The fourth-order valence-electron chi connectivity index (χ4n) is 3.39. The van der Waals surface area contributed by atoms with Crippen molar-refractivity contribution >= 4 is 17.8 Å². The molecule has 0 radical (unpaired) electrons. The van der Waals surface area contributed by atoms with Gasteiger partial charge in [0.05, 0.1) is 0 Å². The zero-order chi connectivity index (χ0) is 19.9. The van der Waals surface area contributed by atoms with E-state index < -0.39 is 12.0 Å². The molecule has 0 saturated carbocycles. The highest BCUT2D eigenvalue weighted by atomic mass is 16.4. The van der Waals surface area contributed by atoms with Crippen LogP contribution in [0.4, 0.5) is 0 Å². The van der Waals surface area contributed by atoms with Crippen LogP contribution in [0, 0.1) is 0 Å². The average Bonchev–Trinajstić information content (AvgIpc) is 3.21. The first kappa shape index (κ1) is 19.6. The van der Waals surface area contributed by atoms with Crippen LogP contribution in [0.3, 0.4) is 0 Å². The summed E-state index contributed by atoms with van der Waals surface area (Å²) in [6, 6.07) is 16.1. The third-order valence-corrected chi connectivity index (χ3v) is 4.97. The van der Waals surface area contributed by atoms with E-state index in [-0.39, 0.29) is 11.8 Å². The number of aliphatic carboxylic acids is 1. The Morgan fingerprint density at radius 1 is 1.00 bits per heavy atom. The van der Waals surface area contributed by atoms with Gasteiger partial charge in [0, 0.05) is 25.1 Å². The quantitative estimate of drug-likeness (QED) is 0.773. The summed E-state index contributed by atoms with van der Waals surface area (Å²) >= 11 is 0. The van der Waals surface area contributed by atoms with Crippen molar-refractivity contribution in [3.63, 3.8) is 0 Å². The Balaban J connectivity index is 1.49. The fraction of sp³-hybridized carbons (Fsp3) is 0.318. The maximum Gasteiger partial charge on any atom is 0.326 e.